The van der Waals surface area contributed by atoms with Gasteiger partial charge in [0.05, 0.1) is 11.3 Å². The van der Waals surface area contributed by atoms with Crippen molar-refractivity contribution in [3.05, 3.63) is 29.8 Å². The lowest BCUT2D eigenvalue weighted by Crippen LogP contribution is -2.63. The van der Waals surface area contributed by atoms with Crippen molar-refractivity contribution in [1.82, 2.24) is 15.1 Å². The summed E-state index contributed by atoms with van der Waals surface area (Å²) in [7, 11) is 0. The molecule has 1 N–H and O–H groups in total. The molecule has 1 atom stereocenters. The molecule has 1 unspecified atom stereocenters. The van der Waals surface area contributed by atoms with Gasteiger partial charge in [-0.05, 0) is 38.3 Å². The Labute approximate surface area is 169 Å². The van der Waals surface area contributed by atoms with Gasteiger partial charge in [0.1, 0.15) is 12.2 Å². The van der Waals surface area contributed by atoms with Crippen LogP contribution in [0.3, 0.4) is 0 Å². The number of nitrogens with zero attached hydrogens (tertiary/aromatic N) is 3. The van der Waals surface area contributed by atoms with E-state index in [1.54, 1.807) is 29.2 Å². The van der Waals surface area contributed by atoms with Crippen LogP contribution >= 0.6 is 0 Å². The number of para-hydroxylation sites is 1. The van der Waals surface area contributed by atoms with Crippen molar-refractivity contribution >= 4 is 29.3 Å². The van der Waals surface area contributed by atoms with Gasteiger partial charge in [0.15, 0.2) is 0 Å². The van der Waals surface area contributed by atoms with Crippen LogP contribution < -0.4 is 10.2 Å². The van der Waals surface area contributed by atoms with E-state index in [-0.39, 0.29) is 43.1 Å². The molecule has 2 fully saturated rings. The number of nitrogens with one attached hydrogen (secondary N) is 1. The van der Waals surface area contributed by atoms with Gasteiger partial charge in [0.2, 0.25) is 17.7 Å². The first-order chi connectivity index (χ1) is 13.9. The number of hydrogen-bond acceptors (Lipinski definition) is 4. The van der Waals surface area contributed by atoms with Gasteiger partial charge in [-0.1, -0.05) is 12.1 Å². The second-order valence-electron chi connectivity index (χ2n) is 8.04. The monoisotopic (exact) mass is 398 g/mol. The SMILES string of the molecule is CC12CCC(=O)N1c1ccccc1C(=O)N2CC(=O)NCCC(=O)N1CCCC1. The van der Waals surface area contributed by atoms with Gasteiger partial charge in [-0.2, -0.15) is 0 Å². The van der Waals surface area contributed by atoms with Gasteiger partial charge in [-0.25, -0.2) is 0 Å². The highest BCUT2D eigenvalue weighted by Crippen LogP contribution is 2.43. The Balaban J connectivity index is 1.43. The molecule has 4 rings (SSSR count). The number of amides is 4. The van der Waals surface area contributed by atoms with Crippen molar-refractivity contribution in [2.45, 2.75) is 44.7 Å². The lowest BCUT2D eigenvalue weighted by atomic mass is 9.98. The zero-order chi connectivity index (χ0) is 20.6. The minimum atomic E-state index is -0.856. The van der Waals surface area contributed by atoms with E-state index >= 15 is 0 Å². The lowest BCUT2D eigenvalue weighted by Gasteiger charge is -2.48. The van der Waals surface area contributed by atoms with E-state index in [1.165, 1.54) is 4.90 Å². The molecule has 0 radical (unpaired) electrons. The predicted molar refractivity (Wildman–Crippen MR) is 106 cm³/mol. The van der Waals surface area contributed by atoms with E-state index in [2.05, 4.69) is 5.32 Å². The van der Waals surface area contributed by atoms with Crippen molar-refractivity contribution in [3.63, 3.8) is 0 Å². The summed E-state index contributed by atoms with van der Waals surface area (Å²) in [5.41, 5.74) is 0.179. The number of benzene rings is 1. The van der Waals surface area contributed by atoms with Crippen LogP contribution in [0, 0.1) is 0 Å². The van der Waals surface area contributed by atoms with Crippen LogP contribution in [-0.4, -0.2) is 65.3 Å². The average Bonchev–Trinajstić information content (AvgIpc) is 3.34. The van der Waals surface area contributed by atoms with E-state index < -0.39 is 5.66 Å². The van der Waals surface area contributed by atoms with E-state index in [4.69, 9.17) is 0 Å². The summed E-state index contributed by atoms with van der Waals surface area (Å²) in [6, 6.07) is 7.01. The Kier molecular flexibility index (Phi) is 5.02. The van der Waals surface area contributed by atoms with Gasteiger partial charge in [-0.3, -0.25) is 24.1 Å². The fraction of sp³-hybridized carbons (Fsp3) is 0.524. The molecule has 1 aromatic carbocycles. The zero-order valence-corrected chi connectivity index (χ0v) is 16.6. The molecular formula is C21H26N4O4. The van der Waals surface area contributed by atoms with Crippen LogP contribution in [0.5, 0.6) is 0 Å². The largest absolute Gasteiger partial charge is 0.354 e. The summed E-state index contributed by atoms with van der Waals surface area (Å²) in [5, 5.41) is 2.75. The normalized spacial score (nSPS) is 23.3. The smallest absolute Gasteiger partial charge is 0.258 e. The Morgan fingerprint density at radius 2 is 1.86 bits per heavy atom. The first-order valence-corrected chi connectivity index (χ1v) is 10.2. The lowest BCUT2D eigenvalue weighted by molar-refractivity contribution is -0.130. The minimum absolute atomic E-state index is 0.0466. The number of carbonyl (C=O) groups is 4. The first kappa shape index (κ1) is 19.4. The van der Waals surface area contributed by atoms with Crippen molar-refractivity contribution in [3.8, 4) is 0 Å². The Morgan fingerprint density at radius 1 is 1.14 bits per heavy atom. The number of hydrogen-bond donors (Lipinski definition) is 1. The number of rotatable bonds is 5. The summed E-state index contributed by atoms with van der Waals surface area (Å²) >= 11 is 0. The molecule has 154 valence electrons. The molecule has 3 aliphatic rings. The quantitative estimate of drug-likeness (QED) is 0.805. The highest BCUT2D eigenvalue weighted by atomic mass is 16.2. The molecule has 3 heterocycles. The first-order valence-electron chi connectivity index (χ1n) is 10.2. The van der Waals surface area contributed by atoms with Crippen LogP contribution in [0.15, 0.2) is 24.3 Å². The maximum Gasteiger partial charge on any atom is 0.258 e. The third kappa shape index (κ3) is 3.36. The maximum absolute atomic E-state index is 13.1. The van der Waals surface area contributed by atoms with Crippen LogP contribution in [-0.2, 0) is 14.4 Å². The summed E-state index contributed by atoms with van der Waals surface area (Å²) in [6.45, 7) is 3.50. The molecule has 3 aliphatic heterocycles. The molecule has 4 amide bonds. The molecule has 0 spiro atoms. The van der Waals surface area contributed by atoms with Crippen LogP contribution in [0.2, 0.25) is 0 Å². The summed E-state index contributed by atoms with van der Waals surface area (Å²) in [6.07, 6.45) is 3.13. The molecule has 1 aromatic rings. The fourth-order valence-corrected chi connectivity index (χ4v) is 4.57. The number of anilines is 1. The average molecular weight is 398 g/mol. The van der Waals surface area contributed by atoms with Gasteiger partial charge < -0.3 is 15.1 Å². The van der Waals surface area contributed by atoms with E-state index in [0.717, 1.165) is 25.9 Å². The summed E-state index contributed by atoms with van der Waals surface area (Å²) in [4.78, 5) is 55.3. The van der Waals surface area contributed by atoms with Crippen molar-refractivity contribution in [2.75, 3.05) is 31.1 Å². The zero-order valence-electron chi connectivity index (χ0n) is 16.6. The third-order valence-corrected chi connectivity index (χ3v) is 6.17. The summed E-state index contributed by atoms with van der Waals surface area (Å²) in [5.74, 6) is -0.579. The van der Waals surface area contributed by atoms with Gasteiger partial charge in [-0.15, -0.1) is 0 Å². The van der Waals surface area contributed by atoms with Crippen LogP contribution in [0.25, 0.3) is 0 Å². The predicted octanol–water partition coefficient (Wildman–Crippen LogP) is 1.11. The van der Waals surface area contributed by atoms with Crippen molar-refractivity contribution in [1.29, 1.82) is 0 Å². The van der Waals surface area contributed by atoms with Crippen LogP contribution in [0.1, 0.15) is 49.4 Å². The third-order valence-electron chi connectivity index (χ3n) is 6.17. The summed E-state index contributed by atoms with van der Waals surface area (Å²) < 4.78 is 0. The molecule has 8 heteroatoms. The van der Waals surface area contributed by atoms with E-state index in [0.29, 0.717) is 24.1 Å². The molecule has 8 nitrogen and oxygen atoms in total. The second kappa shape index (κ2) is 7.50. The molecule has 0 aromatic heterocycles. The van der Waals surface area contributed by atoms with Gasteiger partial charge in [0.25, 0.3) is 5.91 Å². The molecule has 0 aliphatic carbocycles. The Bertz CT molecular complexity index is 864. The second-order valence-corrected chi connectivity index (χ2v) is 8.04. The fourth-order valence-electron chi connectivity index (χ4n) is 4.57. The minimum Gasteiger partial charge on any atom is -0.354 e. The molecule has 29 heavy (non-hydrogen) atoms. The Morgan fingerprint density at radius 3 is 2.62 bits per heavy atom. The molecule has 2 saturated heterocycles. The molecule has 0 saturated carbocycles. The standard InChI is InChI=1S/C21H26N4O4/c1-21-10-8-19(28)25(21)16-7-3-2-6-15(16)20(29)24(21)14-17(26)22-11-9-18(27)23-12-4-5-13-23/h2-3,6-7H,4-5,8-14H2,1H3,(H,22,26). The molecule has 0 bridgehead atoms. The van der Waals surface area contributed by atoms with Crippen molar-refractivity contribution < 1.29 is 19.2 Å². The van der Waals surface area contributed by atoms with Crippen molar-refractivity contribution in [2.24, 2.45) is 0 Å². The highest BCUT2D eigenvalue weighted by molar-refractivity contribution is 6.11. The number of likely N-dealkylation sites (tertiary alicyclic amines) is 1. The Hall–Kier alpha value is -2.90. The van der Waals surface area contributed by atoms with E-state index in [9.17, 15) is 19.2 Å². The molecular weight excluding hydrogens is 372 g/mol. The topological polar surface area (TPSA) is 90.0 Å². The maximum atomic E-state index is 13.1. The van der Waals surface area contributed by atoms with Crippen LogP contribution in [0.4, 0.5) is 5.69 Å². The van der Waals surface area contributed by atoms with Gasteiger partial charge >= 0.3 is 0 Å². The highest BCUT2D eigenvalue weighted by Gasteiger charge is 2.53. The van der Waals surface area contributed by atoms with E-state index in [1.807, 2.05) is 11.8 Å². The number of carbonyl (C=O) groups excluding carboxylic acids is 4. The number of fused-ring (bicyclic) bond motifs is 3. The van der Waals surface area contributed by atoms with Gasteiger partial charge in [0, 0.05) is 32.5 Å².